The second-order valence-electron chi connectivity index (χ2n) is 9.12. The van der Waals surface area contributed by atoms with Crippen LogP contribution in [0.4, 0.5) is 0 Å². The van der Waals surface area contributed by atoms with Crippen molar-refractivity contribution < 1.29 is 0 Å². The molecule has 5 rings (SSSR count). The van der Waals surface area contributed by atoms with Crippen LogP contribution in [0.5, 0.6) is 0 Å². The Kier molecular flexibility index (Phi) is 5.08. The topological polar surface area (TPSA) is 39.3 Å². The van der Waals surface area contributed by atoms with E-state index in [1.54, 1.807) is 6.20 Å². The third-order valence-electron chi connectivity index (χ3n) is 7.20. The Morgan fingerprint density at radius 2 is 1.89 bits per heavy atom. The minimum atomic E-state index is 0.0699. The monoisotopic (exact) mass is 377 g/mol. The summed E-state index contributed by atoms with van der Waals surface area (Å²) in [7, 11) is 0. The number of fused-ring (bicyclic) bond motifs is 4. The molecule has 0 saturated carbocycles. The average molecular weight is 378 g/mol. The molecular weight excluding hydrogens is 346 g/mol. The molecule has 0 amide bonds. The highest BCUT2D eigenvalue weighted by molar-refractivity contribution is 5.17. The predicted molar refractivity (Wildman–Crippen MR) is 112 cm³/mol. The van der Waals surface area contributed by atoms with Gasteiger partial charge in [0.15, 0.2) is 0 Å². The smallest absolute Gasteiger partial charge is 0.252 e. The Balaban J connectivity index is 1.29. The highest BCUT2D eigenvalue weighted by Crippen LogP contribution is 2.40. The Hall–Kier alpha value is -1.91. The molecule has 4 heterocycles. The molecule has 3 fully saturated rings. The van der Waals surface area contributed by atoms with E-state index in [4.69, 9.17) is 0 Å². The molecule has 0 unspecified atom stereocenters. The van der Waals surface area contributed by atoms with Crippen LogP contribution in [-0.2, 0) is 13.0 Å². The largest absolute Gasteiger partial charge is 0.329 e. The molecule has 4 nitrogen and oxygen atoms in total. The summed E-state index contributed by atoms with van der Waals surface area (Å²) < 4.78 is 0. The molecule has 1 N–H and O–H groups in total. The molecule has 2 bridgehead atoms. The molecule has 4 heteroatoms. The van der Waals surface area contributed by atoms with Crippen LogP contribution in [0.25, 0.3) is 0 Å². The normalized spacial score (nSPS) is 30.7. The number of nitrogens with one attached hydrogen (secondary N) is 1. The molecule has 0 spiro atoms. The molecule has 2 aromatic rings. The van der Waals surface area contributed by atoms with Crippen LogP contribution in [0.1, 0.15) is 36.8 Å². The van der Waals surface area contributed by atoms with Gasteiger partial charge in [-0.2, -0.15) is 0 Å². The molecule has 0 aliphatic carbocycles. The van der Waals surface area contributed by atoms with E-state index in [2.05, 4.69) is 45.1 Å². The number of rotatable bonds is 4. The van der Waals surface area contributed by atoms with Gasteiger partial charge in [0.2, 0.25) is 0 Å². The van der Waals surface area contributed by atoms with E-state index in [0.717, 1.165) is 43.1 Å². The van der Waals surface area contributed by atoms with Crippen molar-refractivity contribution in [3.05, 3.63) is 70.1 Å². The fourth-order valence-electron chi connectivity index (χ4n) is 6.07. The lowest BCUT2D eigenvalue weighted by molar-refractivity contribution is -0.0579. The fourth-order valence-corrected chi connectivity index (χ4v) is 6.07. The standard InChI is InChI=1S/C24H31N3O/c28-24-20(8-5-11-25-24)16-26-14-19-12-21(17-26)23-10-4-9-22(27(23)15-19)13-18-6-2-1-3-7-18/h1-3,5-8,11,19,21-23H,4,9-10,12-17H2,(H,25,28)/t19-,21+,22+,23-/m0/s1. The van der Waals surface area contributed by atoms with E-state index in [0.29, 0.717) is 6.04 Å². The minimum Gasteiger partial charge on any atom is -0.329 e. The maximum Gasteiger partial charge on any atom is 0.252 e. The van der Waals surface area contributed by atoms with Crippen molar-refractivity contribution in [2.75, 3.05) is 19.6 Å². The summed E-state index contributed by atoms with van der Waals surface area (Å²) in [5, 5.41) is 0. The molecule has 28 heavy (non-hydrogen) atoms. The zero-order valence-electron chi connectivity index (χ0n) is 16.6. The molecule has 1 aromatic carbocycles. The number of hydrogen-bond acceptors (Lipinski definition) is 3. The molecule has 4 atom stereocenters. The third kappa shape index (κ3) is 3.68. The molecule has 1 aromatic heterocycles. The van der Waals surface area contributed by atoms with Gasteiger partial charge in [0, 0.05) is 50.0 Å². The Labute approximate surface area is 167 Å². The second kappa shape index (κ2) is 7.84. The number of benzene rings is 1. The van der Waals surface area contributed by atoms with Gasteiger partial charge in [-0.3, -0.25) is 14.6 Å². The van der Waals surface area contributed by atoms with Crippen LogP contribution in [-0.4, -0.2) is 46.5 Å². The molecule has 3 saturated heterocycles. The number of aromatic amines is 1. The number of nitrogens with zero attached hydrogens (tertiary/aromatic N) is 2. The van der Waals surface area contributed by atoms with Gasteiger partial charge in [-0.15, -0.1) is 0 Å². The number of hydrogen-bond donors (Lipinski definition) is 1. The van der Waals surface area contributed by atoms with Gasteiger partial charge in [0.1, 0.15) is 0 Å². The maximum absolute atomic E-state index is 12.1. The first-order valence-corrected chi connectivity index (χ1v) is 10.9. The highest BCUT2D eigenvalue weighted by Gasteiger charge is 2.44. The number of H-pyrrole nitrogens is 1. The Morgan fingerprint density at radius 3 is 2.75 bits per heavy atom. The lowest BCUT2D eigenvalue weighted by Gasteiger charge is -2.55. The van der Waals surface area contributed by atoms with Crippen LogP contribution in [0.2, 0.25) is 0 Å². The van der Waals surface area contributed by atoms with E-state index in [-0.39, 0.29) is 5.56 Å². The van der Waals surface area contributed by atoms with E-state index < -0.39 is 0 Å². The van der Waals surface area contributed by atoms with Crippen molar-refractivity contribution in [3.63, 3.8) is 0 Å². The number of likely N-dealkylation sites (tertiary alicyclic amines) is 1. The number of piperidine rings is 3. The summed E-state index contributed by atoms with van der Waals surface area (Å²) in [6, 6.07) is 16.4. The van der Waals surface area contributed by atoms with E-state index in [9.17, 15) is 4.79 Å². The third-order valence-corrected chi connectivity index (χ3v) is 7.20. The summed E-state index contributed by atoms with van der Waals surface area (Å²) in [4.78, 5) is 20.3. The first-order valence-electron chi connectivity index (χ1n) is 10.9. The van der Waals surface area contributed by atoms with Gasteiger partial charge in [-0.25, -0.2) is 0 Å². The van der Waals surface area contributed by atoms with Crippen molar-refractivity contribution in [2.45, 2.75) is 50.7 Å². The van der Waals surface area contributed by atoms with Gasteiger partial charge >= 0.3 is 0 Å². The Bertz CT molecular complexity index is 848. The summed E-state index contributed by atoms with van der Waals surface area (Å²) in [6.07, 6.45) is 8.35. The maximum atomic E-state index is 12.1. The van der Waals surface area contributed by atoms with Gasteiger partial charge < -0.3 is 4.98 Å². The fraction of sp³-hybridized carbons (Fsp3) is 0.542. The first-order chi connectivity index (χ1) is 13.8. The van der Waals surface area contributed by atoms with Crippen molar-refractivity contribution in [3.8, 4) is 0 Å². The van der Waals surface area contributed by atoms with Gasteiger partial charge in [0.25, 0.3) is 5.56 Å². The van der Waals surface area contributed by atoms with Crippen molar-refractivity contribution in [1.82, 2.24) is 14.8 Å². The first kappa shape index (κ1) is 18.1. The molecule has 0 radical (unpaired) electrons. The highest BCUT2D eigenvalue weighted by atomic mass is 16.1. The average Bonchev–Trinajstić information content (AvgIpc) is 2.71. The van der Waals surface area contributed by atoms with Crippen molar-refractivity contribution in [1.29, 1.82) is 0 Å². The van der Waals surface area contributed by atoms with Crippen molar-refractivity contribution >= 4 is 0 Å². The van der Waals surface area contributed by atoms with Gasteiger partial charge in [-0.1, -0.05) is 42.8 Å². The van der Waals surface area contributed by atoms with Crippen LogP contribution in [0.15, 0.2) is 53.5 Å². The van der Waals surface area contributed by atoms with E-state index >= 15 is 0 Å². The van der Waals surface area contributed by atoms with E-state index in [1.807, 2.05) is 12.1 Å². The van der Waals surface area contributed by atoms with Crippen molar-refractivity contribution in [2.24, 2.45) is 11.8 Å². The second-order valence-corrected chi connectivity index (χ2v) is 9.12. The van der Waals surface area contributed by atoms with Gasteiger partial charge in [-0.05, 0) is 49.1 Å². The van der Waals surface area contributed by atoms with Gasteiger partial charge in [0.05, 0.1) is 0 Å². The molecule has 3 aliphatic rings. The molecule has 148 valence electrons. The van der Waals surface area contributed by atoms with E-state index in [1.165, 1.54) is 44.2 Å². The summed E-state index contributed by atoms with van der Waals surface area (Å²) >= 11 is 0. The van der Waals surface area contributed by atoms with Crippen LogP contribution in [0.3, 0.4) is 0 Å². The van der Waals surface area contributed by atoms with Crippen LogP contribution >= 0.6 is 0 Å². The van der Waals surface area contributed by atoms with Crippen LogP contribution in [0, 0.1) is 11.8 Å². The predicted octanol–water partition coefficient (Wildman–Crippen LogP) is 3.29. The lowest BCUT2D eigenvalue weighted by atomic mass is 9.74. The number of pyridine rings is 1. The minimum absolute atomic E-state index is 0.0699. The quantitative estimate of drug-likeness (QED) is 0.889. The SMILES string of the molecule is O=c1[nH]cccc1CN1C[C@@H]2C[C@H](C1)[C@@H]1CCC[C@H](Cc3ccccc3)N1C2. The molecular formula is C24H31N3O. The summed E-state index contributed by atoms with van der Waals surface area (Å²) in [5.41, 5.74) is 2.46. The lowest BCUT2D eigenvalue weighted by Crippen LogP contribution is -2.61. The Morgan fingerprint density at radius 1 is 1.00 bits per heavy atom. The summed E-state index contributed by atoms with van der Waals surface area (Å²) in [6.45, 7) is 4.31. The molecule has 3 aliphatic heterocycles. The summed E-state index contributed by atoms with van der Waals surface area (Å²) in [5.74, 6) is 1.50. The number of aromatic nitrogens is 1. The zero-order chi connectivity index (χ0) is 18.9. The van der Waals surface area contributed by atoms with Crippen LogP contribution < -0.4 is 5.56 Å². The zero-order valence-corrected chi connectivity index (χ0v) is 16.6.